The number of nitriles is 1. The van der Waals surface area contributed by atoms with Crippen LogP contribution >= 0.6 is 11.3 Å². The Morgan fingerprint density at radius 1 is 1.06 bits per heavy atom. The second-order valence-corrected chi connectivity index (χ2v) is 15.2. The summed E-state index contributed by atoms with van der Waals surface area (Å²) >= 11 is 0.707. The van der Waals surface area contributed by atoms with Gasteiger partial charge in [-0.15, -0.1) is 11.3 Å². The molecule has 2 aromatic heterocycles. The number of nitrogens with zero attached hydrogens (tertiary/aromatic N) is 5. The molecule has 272 valence electrons. The summed E-state index contributed by atoms with van der Waals surface area (Å²) in [5.41, 5.74) is -3.31. The Hall–Kier alpha value is -4.91. The maximum atomic E-state index is 15.2. The number of anilines is 2. The van der Waals surface area contributed by atoms with Gasteiger partial charge in [-0.2, -0.15) is 28.4 Å². The average molecular weight is 731 g/mol. The van der Waals surface area contributed by atoms with Crippen LogP contribution in [0.5, 0.6) is 6.01 Å². The molecular weight excluding hydrogens is 692 g/mol. The minimum atomic E-state index is -4.92. The number of benzene rings is 2. The number of likely N-dealkylation sites (N-methyl/N-ethyl adjacent to an activating group) is 1. The molecule has 11 nitrogen and oxygen atoms in total. The number of hydrogen-bond acceptors (Lipinski definition) is 10. The Morgan fingerprint density at radius 2 is 1.73 bits per heavy atom. The number of likely N-dealkylation sites (tertiary alicyclic amines) is 1. The van der Waals surface area contributed by atoms with E-state index >= 15 is 17.6 Å². The zero-order valence-corrected chi connectivity index (χ0v) is 30.4. The summed E-state index contributed by atoms with van der Waals surface area (Å²) in [5, 5.41) is 12.5. The quantitative estimate of drug-likeness (QED) is 0.200. The SMILES string of the molecule is COc1nc(N(C)C2CCN(C(=O)OC(C)(C)C)C2C)c2cc(C(F)(F)F)c(-c3ccc(F)c4sc(NC(=O)OC(C)(C)C)c(C#N)c34)cc2n1. The number of ether oxygens (including phenoxy) is 3. The van der Waals surface area contributed by atoms with E-state index in [1.807, 2.05) is 13.0 Å². The molecule has 51 heavy (non-hydrogen) atoms. The van der Waals surface area contributed by atoms with Crippen molar-refractivity contribution in [3.8, 4) is 23.2 Å². The molecule has 0 saturated carbocycles. The third kappa shape index (κ3) is 7.58. The van der Waals surface area contributed by atoms with E-state index in [0.29, 0.717) is 24.3 Å². The number of aromatic nitrogens is 2. The molecule has 1 N–H and O–H groups in total. The Labute approximate surface area is 296 Å². The Balaban J connectivity index is 1.68. The third-order valence-electron chi connectivity index (χ3n) is 8.26. The third-order valence-corrected chi connectivity index (χ3v) is 9.38. The van der Waals surface area contributed by atoms with E-state index in [-0.39, 0.29) is 66.6 Å². The fourth-order valence-corrected chi connectivity index (χ4v) is 7.19. The summed E-state index contributed by atoms with van der Waals surface area (Å²) in [6.45, 7) is 12.4. The first-order chi connectivity index (χ1) is 23.6. The molecular formula is C35H38F4N6O5S. The first-order valence-electron chi connectivity index (χ1n) is 16.0. The highest BCUT2D eigenvalue weighted by atomic mass is 32.1. The van der Waals surface area contributed by atoms with Gasteiger partial charge in [-0.05, 0) is 84.2 Å². The van der Waals surface area contributed by atoms with Crippen LogP contribution < -0.4 is 15.0 Å². The second-order valence-electron chi connectivity index (χ2n) is 14.2. The van der Waals surface area contributed by atoms with Crippen molar-refractivity contribution in [1.29, 1.82) is 5.26 Å². The molecule has 4 aromatic rings. The van der Waals surface area contributed by atoms with Crippen LogP contribution in [0.1, 0.15) is 66.0 Å². The van der Waals surface area contributed by atoms with Crippen molar-refractivity contribution in [3.05, 3.63) is 41.2 Å². The number of methoxy groups -OCH3 is 1. The van der Waals surface area contributed by atoms with Gasteiger partial charge in [0.25, 0.3) is 0 Å². The van der Waals surface area contributed by atoms with Gasteiger partial charge in [-0.25, -0.2) is 14.0 Å². The van der Waals surface area contributed by atoms with Crippen molar-refractivity contribution in [3.63, 3.8) is 0 Å². The monoisotopic (exact) mass is 730 g/mol. The maximum absolute atomic E-state index is 15.2. The number of carbonyl (C=O) groups excluding carboxylic acids is 2. The Kier molecular flexibility index (Phi) is 9.76. The van der Waals surface area contributed by atoms with Crippen LogP contribution in [-0.2, 0) is 15.7 Å². The standard InChI is InChI=1S/C35H38F4N6O5S/c1-17-25(12-13-45(17)32(47)50-34(5,6)7)44(8)28-20-14-22(35(37,38)39)19(15-24(20)41-30(42-28)48-9)18-10-11-23(36)27-26(18)21(16-40)29(51-27)43-31(46)49-33(2,3)4/h10-11,14-15,17,25H,12-13H2,1-9H3,(H,43,46). The van der Waals surface area contributed by atoms with Gasteiger partial charge >= 0.3 is 24.4 Å². The molecule has 1 aliphatic rings. The molecule has 1 aliphatic heterocycles. The number of alkyl halides is 3. The zero-order chi connectivity index (χ0) is 37.8. The molecule has 2 aromatic carbocycles. The van der Waals surface area contributed by atoms with Gasteiger partial charge in [0.15, 0.2) is 0 Å². The molecule has 16 heteroatoms. The number of hydrogen-bond donors (Lipinski definition) is 1. The molecule has 2 atom stereocenters. The fourth-order valence-electron chi connectivity index (χ4n) is 6.12. The van der Waals surface area contributed by atoms with E-state index in [2.05, 4.69) is 15.3 Å². The zero-order valence-electron chi connectivity index (χ0n) is 29.6. The molecule has 1 saturated heterocycles. The van der Waals surface area contributed by atoms with Gasteiger partial charge in [0.1, 0.15) is 33.9 Å². The van der Waals surface area contributed by atoms with Crippen molar-refractivity contribution < 1.29 is 41.4 Å². The van der Waals surface area contributed by atoms with Gasteiger partial charge in [0.2, 0.25) is 0 Å². The fraction of sp³-hybridized carbons (Fsp3) is 0.457. The van der Waals surface area contributed by atoms with Crippen molar-refractivity contribution >= 4 is 55.3 Å². The lowest BCUT2D eigenvalue weighted by Gasteiger charge is -2.33. The number of thiophene rings is 1. The van der Waals surface area contributed by atoms with Gasteiger partial charge in [0, 0.05) is 24.4 Å². The molecule has 0 spiro atoms. The lowest BCUT2D eigenvalue weighted by atomic mass is 9.93. The van der Waals surface area contributed by atoms with Gasteiger partial charge < -0.3 is 24.0 Å². The highest BCUT2D eigenvalue weighted by Gasteiger charge is 2.40. The van der Waals surface area contributed by atoms with Crippen LogP contribution in [0.4, 0.5) is 38.0 Å². The molecule has 0 radical (unpaired) electrons. The summed E-state index contributed by atoms with van der Waals surface area (Å²) < 4.78 is 76.4. The minimum absolute atomic E-state index is 0.0498. The van der Waals surface area contributed by atoms with Crippen molar-refractivity contribution in [2.24, 2.45) is 0 Å². The Bertz CT molecular complexity index is 2060. The number of nitrogens with one attached hydrogen (secondary N) is 1. The second kappa shape index (κ2) is 13.3. The van der Waals surface area contributed by atoms with E-state index in [1.54, 1.807) is 58.4 Å². The molecule has 3 heterocycles. The van der Waals surface area contributed by atoms with E-state index in [4.69, 9.17) is 14.2 Å². The number of fused-ring (bicyclic) bond motifs is 2. The van der Waals surface area contributed by atoms with Crippen LogP contribution in [0, 0.1) is 17.1 Å². The van der Waals surface area contributed by atoms with Gasteiger partial charge in [0.05, 0.1) is 40.5 Å². The summed E-state index contributed by atoms with van der Waals surface area (Å²) in [6, 6.07) is 5.36. The van der Waals surface area contributed by atoms with Gasteiger partial charge in [-0.1, -0.05) is 6.07 Å². The molecule has 5 rings (SSSR count). The van der Waals surface area contributed by atoms with E-state index in [9.17, 15) is 14.9 Å². The number of amides is 2. The van der Waals surface area contributed by atoms with Crippen LogP contribution in [0.15, 0.2) is 24.3 Å². The number of carbonyl (C=O) groups is 2. The first-order valence-corrected chi connectivity index (χ1v) is 16.8. The lowest BCUT2D eigenvalue weighted by molar-refractivity contribution is -0.137. The predicted molar refractivity (Wildman–Crippen MR) is 186 cm³/mol. The van der Waals surface area contributed by atoms with E-state index in [0.717, 1.165) is 18.2 Å². The first kappa shape index (κ1) is 37.3. The smallest absolute Gasteiger partial charge is 0.417 e. The van der Waals surface area contributed by atoms with Crippen molar-refractivity contribution in [1.82, 2.24) is 14.9 Å². The van der Waals surface area contributed by atoms with Crippen LogP contribution in [-0.4, -0.2) is 71.0 Å². The largest absolute Gasteiger partial charge is 0.467 e. The highest BCUT2D eigenvalue weighted by Crippen LogP contribution is 2.47. The summed E-state index contributed by atoms with van der Waals surface area (Å²) in [4.78, 5) is 37.6. The van der Waals surface area contributed by atoms with E-state index in [1.165, 1.54) is 13.2 Å². The van der Waals surface area contributed by atoms with Crippen molar-refractivity contribution in [2.75, 3.05) is 30.9 Å². The molecule has 0 aliphatic carbocycles. The summed E-state index contributed by atoms with van der Waals surface area (Å²) in [5.74, 6) is -0.654. The topological polar surface area (TPSA) is 130 Å². The normalized spacial score (nSPS) is 16.7. The number of halogens is 4. The maximum Gasteiger partial charge on any atom is 0.417 e. The summed E-state index contributed by atoms with van der Waals surface area (Å²) in [7, 11) is 3.00. The Morgan fingerprint density at radius 3 is 2.31 bits per heavy atom. The number of rotatable bonds is 5. The predicted octanol–water partition coefficient (Wildman–Crippen LogP) is 8.73. The minimum Gasteiger partial charge on any atom is -0.467 e. The molecule has 0 bridgehead atoms. The summed E-state index contributed by atoms with van der Waals surface area (Å²) in [6.07, 6.45) is -5.85. The molecule has 2 amide bonds. The average Bonchev–Trinajstić information content (AvgIpc) is 3.58. The highest BCUT2D eigenvalue weighted by molar-refractivity contribution is 7.23. The van der Waals surface area contributed by atoms with Gasteiger partial charge in [-0.3, -0.25) is 5.32 Å². The molecule has 2 unspecified atom stereocenters. The van der Waals surface area contributed by atoms with Crippen LogP contribution in [0.2, 0.25) is 0 Å². The van der Waals surface area contributed by atoms with Crippen LogP contribution in [0.3, 0.4) is 0 Å². The van der Waals surface area contributed by atoms with E-state index < -0.39 is 40.9 Å². The lowest BCUT2D eigenvalue weighted by Crippen LogP contribution is -2.45. The van der Waals surface area contributed by atoms with Crippen molar-refractivity contribution in [2.45, 2.75) is 84.3 Å². The van der Waals surface area contributed by atoms with Crippen LogP contribution in [0.25, 0.3) is 32.1 Å². The molecule has 1 fully saturated rings.